The highest BCUT2D eigenvalue weighted by molar-refractivity contribution is 6.18. The van der Waals surface area contributed by atoms with Gasteiger partial charge >= 0.3 is 0 Å². The topological polar surface area (TPSA) is 56.1 Å². The lowest BCUT2D eigenvalue weighted by Gasteiger charge is -2.35. The maximum Gasteiger partial charge on any atom is 0.245 e. The number of alkyl halides is 1. The summed E-state index contributed by atoms with van der Waals surface area (Å²) in [5.74, 6) is 1.26. The largest absolute Gasteiger partial charge is 0.370 e. The van der Waals surface area contributed by atoms with Gasteiger partial charge in [-0.25, -0.2) is 4.68 Å². The number of aromatic nitrogens is 4. The molecule has 15 heavy (non-hydrogen) atoms. The number of hydrogen-bond donors (Lipinski definition) is 0. The van der Waals surface area contributed by atoms with E-state index in [0.29, 0.717) is 5.88 Å². The zero-order valence-electron chi connectivity index (χ0n) is 8.80. The summed E-state index contributed by atoms with van der Waals surface area (Å²) in [6, 6.07) is 0. The third-order valence-corrected chi connectivity index (χ3v) is 2.72. The van der Waals surface area contributed by atoms with Crippen LogP contribution >= 0.6 is 11.6 Å². The van der Waals surface area contributed by atoms with Crippen LogP contribution < -0.4 is 4.90 Å². The molecule has 2 atom stereocenters. The minimum atomic E-state index is 0.0483. The van der Waals surface area contributed by atoms with E-state index in [0.717, 1.165) is 19.0 Å². The lowest BCUT2D eigenvalue weighted by molar-refractivity contribution is -0.00402. The molecule has 0 amide bonds. The molecule has 1 aromatic heterocycles. The van der Waals surface area contributed by atoms with Gasteiger partial charge in [0.05, 0.1) is 18.1 Å². The van der Waals surface area contributed by atoms with Gasteiger partial charge in [0.1, 0.15) is 0 Å². The second-order valence-corrected chi connectivity index (χ2v) is 4.04. The Hall–Kier alpha value is -0.880. The van der Waals surface area contributed by atoms with Crippen molar-refractivity contribution in [3.05, 3.63) is 0 Å². The number of nitrogens with zero attached hydrogens (tertiary/aromatic N) is 5. The van der Waals surface area contributed by atoms with Crippen LogP contribution in [0.1, 0.15) is 6.92 Å². The number of tetrazole rings is 1. The lowest BCUT2D eigenvalue weighted by atomic mass is 10.2. The molecule has 1 fully saturated rings. The molecule has 0 aromatic carbocycles. The van der Waals surface area contributed by atoms with Gasteiger partial charge < -0.3 is 9.64 Å². The third-order valence-electron chi connectivity index (χ3n) is 2.38. The quantitative estimate of drug-likeness (QED) is 0.673. The van der Waals surface area contributed by atoms with Crippen LogP contribution in [-0.2, 0) is 11.8 Å². The number of aryl methyl sites for hydroxylation is 1. The summed E-state index contributed by atoms with van der Waals surface area (Å²) in [6.07, 6.45) is 0.200. The second kappa shape index (κ2) is 4.32. The summed E-state index contributed by atoms with van der Waals surface area (Å²) in [5.41, 5.74) is 0. The van der Waals surface area contributed by atoms with Crippen LogP contribution in [0.2, 0.25) is 0 Å². The zero-order chi connectivity index (χ0) is 10.8. The van der Waals surface area contributed by atoms with Crippen molar-refractivity contribution in [3.63, 3.8) is 0 Å². The Morgan fingerprint density at radius 2 is 2.33 bits per heavy atom. The highest BCUT2D eigenvalue weighted by Crippen LogP contribution is 2.17. The Bertz CT molecular complexity index is 331. The van der Waals surface area contributed by atoms with E-state index in [4.69, 9.17) is 16.3 Å². The van der Waals surface area contributed by atoms with Crippen LogP contribution in [0.25, 0.3) is 0 Å². The Kier molecular flexibility index (Phi) is 3.06. The van der Waals surface area contributed by atoms with Crippen LogP contribution in [0.4, 0.5) is 5.95 Å². The Balaban J connectivity index is 2.12. The van der Waals surface area contributed by atoms with E-state index in [2.05, 4.69) is 20.4 Å². The van der Waals surface area contributed by atoms with Gasteiger partial charge in [-0.15, -0.1) is 11.6 Å². The summed E-state index contributed by atoms with van der Waals surface area (Å²) >= 11 is 5.80. The molecule has 0 radical (unpaired) electrons. The molecule has 2 rings (SSSR count). The maximum atomic E-state index is 5.80. The van der Waals surface area contributed by atoms with Gasteiger partial charge in [-0.3, -0.25) is 0 Å². The summed E-state index contributed by atoms with van der Waals surface area (Å²) in [4.78, 5) is 2.10. The van der Waals surface area contributed by atoms with E-state index in [9.17, 15) is 0 Å². The average Bonchev–Trinajstić information content (AvgIpc) is 2.63. The van der Waals surface area contributed by atoms with E-state index in [1.54, 1.807) is 4.68 Å². The van der Waals surface area contributed by atoms with Gasteiger partial charge in [0, 0.05) is 20.1 Å². The summed E-state index contributed by atoms with van der Waals surface area (Å²) < 4.78 is 7.31. The highest BCUT2D eigenvalue weighted by Gasteiger charge is 2.27. The predicted molar refractivity (Wildman–Crippen MR) is 56.1 cm³/mol. The SMILES string of the molecule is CC1CN(c2nnnn2C)CC(CCl)O1. The molecule has 0 N–H and O–H groups in total. The molecule has 1 saturated heterocycles. The molecule has 1 aliphatic rings. The standard InChI is InChI=1S/C8H14ClN5O/c1-6-4-14(5-7(3-9)15-6)8-10-11-12-13(8)2/h6-7H,3-5H2,1-2H3. The van der Waals surface area contributed by atoms with Crippen LogP contribution in [0.3, 0.4) is 0 Å². The van der Waals surface area contributed by atoms with Crippen molar-refractivity contribution in [3.8, 4) is 0 Å². The van der Waals surface area contributed by atoms with Gasteiger partial charge in [-0.2, -0.15) is 0 Å². The molecular weight excluding hydrogens is 218 g/mol. The minimum Gasteiger partial charge on any atom is -0.370 e. The fourth-order valence-electron chi connectivity index (χ4n) is 1.79. The minimum absolute atomic E-state index is 0.0483. The van der Waals surface area contributed by atoms with Gasteiger partial charge in [0.25, 0.3) is 0 Å². The number of morpholine rings is 1. The first-order valence-electron chi connectivity index (χ1n) is 4.89. The normalized spacial score (nSPS) is 27.0. The summed E-state index contributed by atoms with van der Waals surface area (Å²) in [6.45, 7) is 3.55. The molecule has 0 saturated carbocycles. The Labute approximate surface area is 93.1 Å². The molecular formula is C8H14ClN5O. The van der Waals surface area contributed by atoms with Crippen molar-refractivity contribution in [1.29, 1.82) is 0 Å². The first kappa shape index (κ1) is 10.6. The predicted octanol–water partition coefficient (Wildman–Crippen LogP) is 0.0426. The highest BCUT2D eigenvalue weighted by atomic mass is 35.5. The van der Waals surface area contributed by atoms with Crippen molar-refractivity contribution in [2.24, 2.45) is 7.05 Å². The van der Waals surface area contributed by atoms with Gasteiger partial charge in [-0.05, 0) is 17.4 Å². The molecule has 6 nitrogen and oxygen atoms in total. The Morgan fingerprint density at radius 1 is 1.53 bits per heavy atom. The lowest BCUT2D eigenvalue weighted by Crippen LogP contribution is -2.48. The zero-order valence-corrected chi connectivity index (χ0v) is 9.55. The number of anilines is 1. The number of rotatable bonds is 2. The van der Waals surface area contributed by atoms with Crippen LogP contribution in [-0.4, -0.2) is 51.4 Å². The molecule has 0 aliphatic carbocycles. The van der Waals surface area contributed by atoms with E-state index >= 15 is 0 Å². The summed E-state index contributed by atoms with van der Waals surface area (Å²) in [5, 5.41) is 11.4. The van der Waals surface area contributed by atoms with Gasteiger partial charge in [0.15, 0.2) is 0 Å². The third kappa shape index (κ3) is 2.21. The van der Waals surface area contributed by atoms with Crippen molar-refractivity contribution in [2.45, 2.75) is 19.1 Å². The van der Waals surface area contributed by atoms with Gasteiger partial charge in [-0.1, -0.05) is 5.10 Å². The molecule has 84 valence electrons. The van der Waals surface area contributed by atoms with Crippen LogP contribution in [0, 0.1) is 0 Å². The summed E-state index contributed by atoms with van der Waals surface area (Å²) in [7, 11) is 1.82. The van der Waals surface area contributed by atoms with Crippen molar-refractivity contribution < 1.29 is 4.74 Å². The number of ether oxygens (including phenoxy) is 1. The molecule has 1 aromatic rings. The average molecular weight is 232 g/mol. The Morgan fingerprint density at radius 3 is 2.93 bits per heavy atom. The monoisotopic (exact) mass is 231 g/mol. The molecule has 7 heteroatoms. The van der Waals surface area contributed by atoms with Crippen molar-refractivity contribution >= 4 is 17.5 Å². The van der Waals surface area contributed by atoms with E-state index < -0.39 is 0 Å². The van der Waals surface area contributed by atoms with Gasteiger partial charge in [0.2, 0.25) is 5.95 Å². The van der Waals surface area contributed by atoms with E-state index in [1.165, 1.54) is 0 Å². The molecule has 0 spiro atoms. The van der Waals surface area contributed by atoms with Crippen molar-refractivity contribution in [2.75, 3.05) is 23.9 Å². The molecule has 0 bridgehead atoms. The smallest absolute Gasteiger partial charge is 0.245 e. The molecule has 2 heterocycles. The maximum absolute atomic E-state index is 5.80. The number of hydrogen-bond acceptors (Lipinski definition) is 5. The van der Waals surface area contributed by atoms with E-state index in [1.807, 2.05) is 14.0 Å². The second-order valence-electron chi connectivity index (χ2n) is 3.73. The van der Waals surface area contributed by atoms with Crippen LogP contribution in [0.15, 0.2) is 0 Å². The molecule has 2 unspecified atom stereocenters. The van der Waals surface area contributed by atoms with Crippen molar-refractivity contribution in [1.82, 2.24) is 20.2 Å². The van der Waals surface area contributed by atoms with E-state index in [-0.39, 0.29) is 12.2 Å². The number of halogens is 1. The molecule has 1 aliphatic heterocycles. The first-order valence-corrected chi connectivity index (χ1v) is 5.43. The fraction of sp³-hybridized carbons (Fsp3) is 0.875. The first-order chi connectivity index (χ1) is 7.20. The fourth-order valence-corrected chi connectivity index (χ4v) is 1.96. The van der Waals surface area contributed by atoms with Crippen LogP contribution in [0.5, 0.6) is 0 Å².